The molecule has 132 valence electrons. The molecule has 4 rings (SSSR count). The minimum atomic E-state index is -0.155. The smallest absolute Gasteiger partial charge is 0.261 e. The molecule has 0 unspecified atom stereocenters. The number of benzene rings is 1. The van der Waals surface area contributed by atoms with Gasteiger partial charge in [0.2, 0.25) is 0 Å². The molecule has 0 atom stereocenters. The standard InChI is InChI=1S/C21H21N3O2/c25-20-17-7-3-4-8-18(17)21(26)24(20)13-6-2-1-5-12-23-14-10-16-15-22-11-9-19(16)23/h3-4,7-11,14-15H,1-2,5-6,12-13H2. The van der Waals surface area contributed by atoms with E-state index in [-0.39, 0.29) is 11.8 Å². The number of imide groups is 1. The van der Waals surface area contributed by atoms with Crippen molar-refractivity contribution in [2.45, 2.75) is 32.2 Å². The molecule has 1 aromatic carbocycles. The predicted molar refractivity (Wildman–Crippen MR) is 100 cm³/mol. The van der Waals surface area contributed by atoms with E-state index >= 15 is 0 Å². The van der Waals surface area contributed by atoms with Gasteiger partial charge in [0, 0.05) is 37.1 Å². The fourth-order valence-electron chi connectivity index (χ4n) is 3.58. The SMILES string of the molecule is O=C1c2ccccc2C(=O)N1CCCCCCn1ccc2cnccc21. The maximum atomic E-state index is 12.3. The van der Waals surface area contributed by atoms with Crippen LogP contribution in [-0.4, -0.2) is 32.8 Å². The predicted octanol–water partition coefficient (Wildman–Crippen LogP) is 3.89. The number of carbonyl (C=O) groups excluding carboxylic acids is 2. The maximum Gasteiger partial charge on any atom is 0.261 e. The largest absolute Gasteiger partial charge is 0.347 e. The van der Waals surface area contributed by atoms with Crippen LogP contribution in [0.5, 0.6) is 0 Å². The summed E-state index contributed by atoms with van der Waals surface area (Å²) in [6.07, 6.45) is 9.82. The fourth-order valence-corrected chi connectivity index (χ4v) is 3.58. The maximum absolute atomic E-state index is 12.3. The number of aromatic nitrogens is 2. The summed E-state index contributed by atoms with van der Waals surface area (Å²) in [6.45, 7) is 1.48. The number of unbranched alkanes of at least 4 members (excludes halogenated alkanes) is 3. The van der Waals surface area contributed by atoms with Gasteiger partial charge in [0.15, 0.2) is 0 Å². The molecule has 0 saturated carbocycles. The molecule has 0 radical (unpaired) electrons. The molecule has 5 nitrogen and oxygen atoms in total. The van der Waals surface area contributed by atoms with Crippen LogP contribution >= 0.6 is 0 Å². The average Bonchev–Trinajstić information content (AvgIpc) is 3.19. The Morgan fingerprint density at radius 2 is 1.50 bits per heavy atom. The summed E-state index contributed by atoms with van der Waals surface area (Å²) in [4.78, 5) is 30.1. The van der Waals surface area contributed by atoms with E-state index in [0.29, 0.717) is 17.7 Å². The van der Waals surface area contributed by atoms with E-state index < -0.39 is 0 Å². The van der Waals surface area contributed by atoms with Crippen molar-refractivity contribution < 1.29 is 9.59 Å². The Hall–Kier alpha value is -2.95. The second-order valence-electron chi connectivity index (χ2n) is 6.67. The summed E-state index contributed by atoms with van der Waals surface area (Å²) >= 11 is 0. The van der Waals surface area contributed by atoms with Crippen LogP contribution in [0, 0.1) is 0 Å². The summed E-state index contributed by atoms with van der Waals surface area (Å²) in [7, 11) is 0. The first-order chi connectivity index (χ1) is 12.8. The Labute approximate surface area is 152 Å². The number of hydrogen-bond acceptors (Lipinski definition) is 3. The number of nitrogens with zero attached hydrogens (tertiary/aromatic N) is 3. The fraction of sp³-hybridized carbons (Fsp3) is 0.286. The zero-order valence-electron chi connectivity index (χ0n) is 14.6. The third kappa shape index (κ3) is 3.01. The molecule has 0 saturated heterocycles. The Balaban J connectivity index is 1.23. The molecule has 2 amide bonds. The van der Waals surface area contributed by atoms with Gasteiger partial charge in [-0.15, -0.1) is 0 Å². The van der Waals surface area contributed by atoms with Crippen LogP contribution in [0.2, 0.25) is 0 Å². The Morgan fingerprint density at radius 3 is 2.23 bits per heavy atom. The molecule has 2 aromatic heterocycles. The van der Waals surface area contributed by atoms with E-state index in [9.17, 15) is 9.59 Å². The number of fused-ring (bicyclic) bond motifs is 2. The summed E-state index contributed by atoms with van der Waals surface area (Å²) < 4.78 is 2.25. The molecule has 0 bridgehead atoms. The molecule has 0 spiro atoms. The van der Waals surface area contributed by atoms with Gasteiger partial charge in [-0.2, -0.15) is 0 Å². The monoisotopic (exact) mass is 347 g/mol. The lowest BCUT2D eigenvalue weighted by molar-refractivity contribution is 0.0651. The highest BCUT2D eigenvalue weighted by Gasteiger charge is 2.34. The Bertz CT molecular complexity index is 926. The van der Waals surface area contributed by atoms with Gasteiger partial charge in [-0.05, 0) is 37.1 Å². The van der Waals surface area contributed by atoms with Crippen molar-refractivity contribution in [1.29, 1.82) is 0 Å². The van der Waals surface area contributed by atoms with Gasteiger partial charge in [0.05, 0.1) is 16.6 Å². The lowest BCUT2D eigenvalue weighted by Gasteiger charge is -2.13. The molecule has 0 fully saturated rings. The highest BCUT2D eigenvalue weighted by atomic mass is 16.2. The third-order valence-electron chi connectivity index (χ3n) is 4.98. The summed E-state index contributed by atoms with van der Waals surface area (Å²) in [5.41, 5.74) is 2.28. The molecule has 1 aliphatic rings. The Kier molecular flexibility index (Phi) is 4.52. The van der Waals surface area contributed by atoms with Crippen molar-refractivity contribution in [3.8, 4) is 0 Å². The van der Waals surface area contributed by atoms with E-state index in [1.165, 1.54) is 10.4 Å². The van der Waals surface area contributed by atoms with Crippen LogP contribution < -0.4 is 0 Å². The molecule has 0 aliphatic carbocycles. The van der Waals surface area contributed by atoms with Crippen molar-refractivity contribution in [3.05, 3.63) is 66.1 Å². The summed E-state index contributed by atoms with van der Waals surface area (Å²) in [6, 6.07) is 11.2. The quantitative estimate of drug-likeness (QED) is 0.481. The number of hydrogen-bond donors (Lipinski definition) is 0. The highest BCUT2D eigenvalue weighted by molar-refractivity contribution is 6.21. The number of pyridine rings is 1. The van der Waals surface area contributed by atoms with Crippen LogP contribution in [0.1, 0.15) is 46.4 Å². The zero-order chi connectivity index (χ0) is 17.9. The number of amides is 2. The summed E-state index contributed by atoms with van der Waals surface area (Å²) in [5, 5.41) is 1.16. The minimum absolute atomic E-state index is 0.155. The van der Waals surface area contributed by atoms with Crippen molar-refractivity contribution in [1.82, 2.24) is 14.5 Å². The first-order valence-electron chi connectivity index (χ1n) is 9.10. The lowest BCUT2D eigenvalue weighted by atomic mass is 10.1. The molecule has 0 N–H and O–H groups in total. The van der Waals surface area contributed by atoms with Crippen LogP contribution in [0.25, 0.3) is 10.9 Å². The minimum Gasteiger partial charge on any atom is -0.347 e. The molecule has 3 aromatic rings. The topological polar surface area (TPSA) is 55.2 Å². The van der Waals surface area contributed by atoms with Crippen LogP contribution in [0.3, 0.4) is 0 Å². The van der Waals surface area contributed by atoms with E-state index in [2.05, 4.69) is 21.8 Å². The molecular formula is C21H21N3O2. The van der Waals surface area contributed by atoms with Gasteiger partial charge in [-0.3, -0.25) is 19.5 Å². The van der Waals surface area contributed by atoms with E-state index in [0.717, 1.165) is 37.6 Å². The van der Waals surface area contributed by atoms with Gasteiger partial charge in [-0.25, -0.2) is 0 Å². The Morgan fingerprint density at radius 1 is 0.808 bits per heavy atom. The average molecular weight is 347 g/mol. The molecular weight excluding hydrogens is 326 g/mol. The van der Waals surface area contributed by atoms with Crippen molar-refractivity contribution in [2.75, 3.05) is 6.54 Å². The molecule has 3 heterocycles. The van der Waals surface area contributed by atoms with E-state index in [1.807, 2.05) is 18.5 Å². The summed E-state index contributed by atoms with van der Waals surface area (Å²) in [5.74, 6) is -0.309. The van der Waals surface area contributed by atoms with Gasteiger partial charge in [0.25, 0.3) is 11.8 Å². The first kappa shape index (κ1) is 16.5. The van der Waals surface area contributed by atoms with Crippen molar-refractivity contribution >= 4 is 22.7 Å². The number of carbonyl (C=O) groups is 2. The van der Waals surface area contributed by atoms with Crippen molar-refractivity contribution in [3.63, 3.8) is 0 Å². The van der Waals surface area contributed by atoms with Crippen LogP contribution in [0.15, 0.2) is 55.0 Å². The van der Waals surface area contributed by atoms with Gasteiger partial charge < -0.3 is 4.57 Å². The van der Waals surface area contributed by atoms with Gasteiger partial charge in [-0.1, -0.05) is 25.0 Å². The van der Waals surface area contributed by atoms with Crippen molar-refractivity contribution in [2.24, 2.45) is 0 Å². The lowest BCUT2D eigenvalue weighted by Crippen LogP contribution is -2.30. The van der Waals surface area contributed by atoms with Gasteiger partial charge in [0.1, 0.15) is 0 Å². The van der Waals surface area contributed by atoms with Gasteiger partial charge >= 0.3 is 0 Å². The van der Waals surface area contributed by atoms with E-state index in [1.54, 1.807) is 24.3 Å². The van der Waals surface area contributed by atoms with E-state index in [4.69, 9.17) is 0 Å². The molecule has 1 aliphatic heterocycles. The number of aryl methyl sites for hydroxylation is 1. The zero-order valence-corrected chi connectivity index (χ0v) is 14.6. The normalized spacial score (nSPS) is 13.6. The third-order valence-corrected chi connectivity index (χ3v) is 4.98. The molecule has 5 heteroatoms. The number of rotatable bonds is 7. The second-order valence-corrected chi connectivity index (χ2v) is 6.67. The first-order valence-corrected chi connectivity index (χ1v) is 9.10. The molecule has 26 heavy (non-hydrogen) atoms. The second kappa shape index (κ2) is 7.12. The highest BCUT2D eigenvalue weighted by Crippen LogP contribution is 2.23. The van der Waals surface area contributed by atoms with Crippen LogP contribution in [-0.2, 0) is 6.54 Å². The van der Waals surface area contributed by atoms with Crippen LogP contribution in [0.4, 0.5) is 0 Å².